The van der Waals surface area contributed by atoms with E-state index in [0.717, 1.165) is 5.01 Å². The lowest BCUT2D eigenvalue weighted by molar-refractivity contribution is 0.0600. The molecule has 9 heteroatoms. The molecule has 166 valence electrons. The molecular weight excluding hydrogens is 442 g/mol. The highest BCUT2D eigenvalue weighted by Crippen LogP contribution is 2.42. The van der Waals surface area contributed by atoms with Crippen LogP contribution in [0.15, 0.2) is 57.7 Å². The third-order valence-electron chi connectivity index (χ3n) is 5.56. The molecule has 0 radical (unpaired) electrons. The summed E-state index contributed by atoms with van der Waals surface area (Å²) in [6.07, 6.45) is 0. The molecule has 33 heavy (non-hydrogen) atoms. The lowest BCUT2D eigenvalue weighted by atomic mass is 9.98. The largest absolute Gasteiger partial charge is 0.465 e. The Kier molecular flexibility index (Phi) is 5.05. The molecule has 1 atom stereocenters. The number of anilines is 1. The highest BCUT2D eigenvalue weighted by atomic mass is 32.1. The number of amides is 1. The smallest absolute Gasteiger partial charge is 0.337 e. The molecule has 1 aliphatic heterocycles. The number of rotatable bonds is 4. The molecule has 1 amide bonds. The fourth-order valence-electron chi connectivity index (χ4n) is 3.91. The van der Waals surface area contributed by atoms with Gasteiger partial charge in [-0.3, -0.25) is 14.5 Å². The van der Waals surface area contributed by atoms with Gasteiger partial charge in [-0.15, -0.1) is 10.2 Å². The van der Waals surface area contributed by atoms with Gasteiger partial charge >= 0.3 is 5.97 Å². The number of hydrogen-bond donors (Lipinski definition) is 0. The van der Waals surface area contributed by atoms with Crippen LogP contribution in [0.25, 0.3) is 11.0 Å². The first-order chi connectivity index (χ1) is 15.9. The van der Waals surface area contributed by atoms with Crippen LogP contribution in [0.1, 0.15) is 62.9 Å². The van der Waals surface area contributed by atoms with Crippen molar-refractivity contribution in [2.24, 2.45) is 0 Å². The first-order valence-electron chi connectivity index (χ1n) is 10.3. The molecule has 0 bridgehead atoms. The van der Waals surface area contributed by atoms with E-state index in [1.54, 1.807) is 48.5 Å². The van der Waals surface area contributed by atoms with E-state index >= 15 is 0 Å². The third kappa shape index (κ3) is 3.32. The van der Waals surface area contributed by atoms with Crippen LogP contribution >= 0.6 is 11.3 Å². The number of fused-ring (bicyclic) bond motifs is 2. The number of methoxy groups -OCH3 is 1. The van der Waals surface area contributed by atoms with Gasteiger partial charge in [0.1, 0.15) is 10.6 Å². The highest BCUT2D eigenvalue weighted by molar-refractivity contribution is 7.15. The fraction of sp³-hybridized carbons (Fsp3) is 0.208. The normalized spacial score (nSPS) is 15.3. The summed E-state index contributed by atoms with van der Waals surface area (Å²) in [6.45, 7) is 3.98. The second-order valence-corrected chi connectivity index (χ2v) is 8.93. The number of hydrogen-bond acceptors (Lipinski definition) is 8. The standard InChI is InChI=1S/C24H19N3O5S/c1-12(2)21-25-26-24(33-21)27-18(13-8-10-14(11-9-13)23(30)31-3)17-19(28)15-6-4-5-7-16(15)32-20(17)22(27)29/h4-12,18H,1-3H3/t18-/m0/s1. The van der Waals surface area contributed by atoms with E-state index in [4.69, 9.17) is 9.15 Å². The number of benzene rings is 2. The molecule has 5 rings (SSSR count). The molecule has 8 nitrogen and oxygen atoms in total. The molecule has 1 aliphatic rings. The number of para-hydroxylation sites is 1. The molecule has 4 aromatic rings. The van der Waals surface area contributed by atoms with Crippen molar-refractivity contribution < 1.29 is 18.7 Å². The Bertz CT molecular complexity index is 1460. The van der Waals surface area contributed by atoms with Gasteiger partial charge in [-0.25, -0.2) is 4.79 Å². The summed E-state index contributed by atoms with van der Waals surface area (Å²) < 4.78 is 10.7. The van der Waals surface area contributed by atoms with Crippen LogP contribution in [-0.2, 0) is 4.74 Å². The second-order valence-electron chi connectivity index (χ2n) is 7.94. The third-order valence-corrected chi connectivity index (χ3v) is 6.78. The first kappa shape index (κ1) is 21.0. The second kappa shape index (κ2) is 7.93. The SMILES string of the molecule is COC(=O)c1ccc([C@H]2c3c(oc4ccccc4c3=O)C(=O)N2c2nnc(C(C)C)s2)cc1. The van der Waals surface area contributed by atoms with Crippen LogP contribution in [0.4, 0.5) is 5.13 Å². The minimum Gasteiger partial charge on any atom is -0.465 e. The molecule has 0 unspecified atom stereocenters. The lowest BCUT2D eigenvalue weighted by Gasteiger charge is -2.22. The molecule has 0 N–H and O–H groups in total. The van der Waals surface area contributed by atoms with Crippen molar-refractivity contribution in [1.82, 2.24) is 10.2 Å². The summed E-state index contributed by atoms with van der Waals surface area (Å²) in [5.74, 6) is -0.808. The maximum absolute atomic E-state index is 13.5. The van der Waals surface area contributed by atoms with Crippen LogP contribution in [0.3, 0.4) is 0 Å². The summed E-state index contributed by atoms with van der Waals surface area (Å²) in [6, 6.07) is 12.7. The van der Waals surface area contributed by atoms with Crippen LogP contribution in [0.2, 0.25) is 0 Å². The number of ether oxygens (including phenoxy) is 1. The maximum Gasteiger partial charge on any atom is 0.337 e. The average Bonchev–Trinajstić information content (AvgIpc) is 3.42. The molecule has 2 aromatic heterocycles. The van der Waals surface area contributed by atoms with E-state index in [1.165, 1.54) is 23.3 Å². The molecule has 0 saturated heterocycles. The Morgan fingerprint density at radius 1 is 1.09 bits per heavy atom. The van der Waals surface area contributed by atoms with Gasteiger partial charge in [0.25, 0.3) is 5.91 Å². The molecule has 3 heterocycles. The Morgan fingerprint density at radius 2 is 1.82 bits per heavy atom. The molecular formula is C24H19N3O5S. The Hall–Kier alpha value is -3.85. The number of nitrogens with zero attached hydrogens (tertiary/aromatic N) is 3. The molecule has 0 fully saturated rings. The van der Waals surface area contributed by atoms with Crippen molar-refractivity contribution in [1.29, 1.82) is 0 Å². The van der Waals surface area contributed by atoms with Crippen molar-refractivity contribution in [3.63, 3.8) is 0 Å². The van der Waals surface area contributed by atoms with Crippen molar-refractivity contribution in [3.05, 3.63) is 86.2 Å². The molecule has 0 spiro atoms. The Labute approximate surface area is 192 Å². The van der Waals surface area contributed by atoms with Crippen LogP contribution in [0.5, 0.6) is 0 Å². The van der Waals surface area contributed by atoms with E-state index in [2.05, 4.69) is 10.2 Å². The predicted molar refractivity (Wildman–Crippen MR) is 123 cm³/mol. The van der Waals surface area contributed by atoms with Gasteiger partial charge in [0.2, 0.25) is 10.9 Å². The van der Waals surface area contributed by atoms with Crippen molar-refractivity contribution >= 4 is 39.3 Å². The van der Waals surface area contributed by atoms with E-state index in [0.29, 0.717) is 27.2 Å². The average molecular weight is 461 g/mol. The van der Waals surface area contributed by atoms with Crippen molar-refractivity contribution in [2.75, 3.05) is 12.0 Å². The van der Waals surface area contributed by atoms with Crippen molar-refractivity contribution in [2.45, 2.75) is 25.8 Å². The zero-order valence-electron chi connectivity index (χ0n) is 18.1. The summed E-state index contributed by atoms with van der Waals surface area (Å²) >= 11 is 1.30. The highest BCUT2D eigenvalue weighted by Gasteiger charge is 2.45. The predicted octanol–water partition coefficient (Wildman–Crippen LogP) is 4.30. The minimum atomic E-state index is -0.770. The van der Waals surface area contributed by atoms with Gasteiger partial charge in [-0.05, 0) is 29.8 Å². The molecule has 2 aromatic carbocycles. The van der Waals surface area contributed by atoms with E-state index < -0.39 is 17.9 Å². The fourth-order valence-corrected chi connectivity index (χ4v) is 4.78. The number of carbonyl (C=O) groups is 2. The van der Waals surface area contributed by atoms with Gasteiger partial charge in [0.15, 0.2) is 5.43 Å². The van der Waals surface area contributed by atoms with Crippen LogP contribution in [-0.4, -0.2) is 29.2 Å². The van der Waals surface area contributed by atoms with Crippen LogP contribution < -0.4 is 10.3 Å². The summed E-state index contributed by atoms with van der Waals surface area (Å²) in [7, 11) is 1.31. The van der Waals surface area contributed by atoms with E-state index in [-0.39, 0.29) is 22.7 Å². The topological polar surface area (TPSA) is 103 Å². The Balaban J connectivity index is 1.73. The Morgan fingerprint density at radius 3 is 2.48 bits per heavy atom. The van der Waals surface area contributed by atoms with Gasteiger partial charge in [0, 0.05) is 5.92 Å². The number of carbonyl (C=O) groups excluding carboxylic acids is 2. The van der Waals surface area contributed by atoms with Gasteiger partial charge in [-0.2, -0.15) is 0 Å². The summed E-state index contributed by atoms with van der Waals surface area (Å²) in [5, 5.41) is 10.0. The zero-order valence-corrected chi connectivity index (χ0v) is 18.9. The van der Waals surface area contributed by atoms with Gasteiger partial charge in [-0.1, -0.05) is 49.4 Å². The zero-order chi connectivity index (χ0) is 23.3. The minimum absolute atomic E-state index is 0.0120. The molecule has 0 aliphatic carbocycles. The van der Waals surface area contributed by atoms with Crippen LogP contribution in [0, 0.1) is 0 Å². The number of aromatic nitrogens is 2. The molecule has 0 saturated carbocycles. The van der Waals surface area contributed by atoms with Crippen molar-refractivity contribution in [3.8, 4) is 0 Å². The van der Waals surface area contributed by atoms with Gasteiger partial charge < -0.3 is 9.15 Å². The van der Waals surface area contributed by atoms with E-state index in [1.807, 2.05) is 13.8 Å². The quantitative estimate of drug-likeness (QED) is 0.417. The summed E-state index contributed by atoms with van der Waals surface area (Å²) in [5.41, 5.74) is 1.31. The van der Waals surface area contributed by atoms with E-state index in [9.17, 15) is 14.4 Å². The maximum atomic E-state index is 13.5. The van der Waals surface area contributed by atoms with Gasteiger partial charge in [0.05, 0.1) is 29.7 Å². The monoisotopic (exact) mass is 461 g/mol. The lowest BCUT2D eigenvalue weighted by Crippen LogP contribution is -2.29. The number of esters is 1. The first-order valence-corrected chi connectivity index (χ1v) is 11.1. The summed E-state index contributed by atoms with van der Waals surface area (Å²) in [4.78, 5) is 40.4.